The lowest BCUT2D eigenvalue weighted by Gasteiger charge is -2.03. The van der Waals surface area contributed by atoms with Crippen LogP contribution in [0.4, 0.5) is 0 Å². The minimum Gasteiger partial charge on any atom is -0.328 e. The first-order valence-electron chi connectivity index (χ1n) is 4.29. The maximum Gasteiger partial charge on any atom is 0.0263 e. The van der Waals surface area contributed by atoms with E-state index in [4.69, 9.17) is 5.73 Å². The van der Waals surface area contributed by atoms with Crippen molar-refractivity contribution in [1.29, 1.82) is 0 Å². The molecule has 0 amide bonds. The summed E-state index contributed by atoms with van der Waals surface area (Å²) < 4.78 is 11.3. The highest BCUT2D eigenvalue weighted by atomic mass is 32.2. The standard InChI is InChI=1S/C8H17NOS/c1-7(9)4-5-11(10)6-8-2-3-8/h7-8H,2-6,9H2,1H3. The fourth-order valence-corrected chi connectivity index (χ4v) is 2.61. The van der Waals surface area contributed by atoms with Crippen molar-refractivity contribution in [2.75, 3.05) is 11.5 Å². The van der Waals surface area contributed by atoms with E-state index in [-0.39, 0.29) is 6.04 Å². The Morgan fingerprint density at radius 3 is 2.73 bits per heavy atom. The van der Waals surface area contributed by atoms with Crippen LogP contribution in [-0.4, -0.2) is 21.8 Å². The molecule has 0 radical (unpaired) electrons. The predicted molar refractivity (Wildman–Crippen MR) is 48.9 cm³/mol. The SMILES string of the molecule is CC(N)CCS(=O)CC1CC1. The molecule has 3 heteroatoms. The summed E-state index contributed by atoms with van der Waals surface area (Å²) in [5.41, 5.74) is 5.55. The summed E-state index contributed by atoms with van der Waals surface area (Å²) in [6.45, 7) is 1.97. The average Bonchev–Trinajstić information content (AvgIpc) is 2.67. The van der Waals surface area contributed by atoms with Crippen LogP contribution in [-0.2, 0) is 10.8 Å². The van der Waals surface area contributed by atoms with Crippen molar-refractivity contribution in [1.82, 2.24) is 0 Å². The summed E-state index contributed by atoms with van der Waals surface area (Å²) in [6.07, 6.45) is 3.49. The van der Waals surface area contributed by atoms with Crippen molar-refractivity contribution in [3.05, 3.63) is 0 Å². The molecule has 1 aliphatic rings. The fourth-order valence-electron chi connectivity index (χ4n) is 0.948. The molecule has 1 saturated carbocycles. The van der Waals surface area contributed by atoms with Crippen LogP contribution in [0.3, 0.4) is 0 Å². The minimum absolute atomic E-state index is 0.207. The zero-order valence-electron chi connectivity index (χ0n) is 7.08. The lowest BCUT2D eigenvalue weighted by atomic mass is 10.3. The molecule has 0 aromatic heterocycles. The first-order chi connectivity index (χ1) is 5.18. The molecule has 2 unspecified atom stereocenters. The van der Waals surface area contributed by atoms with Gasteiger partial charge >= 0.3 is 0 Å². The zero-order valence-corrected chi connectivity index (χ0v) is 7.90. The number of nitrogens with two attached hydrogens (primary N) is 1. The number of hydrogen-bond acceptors (Lipinski definition) is 2. The Hall–Kier alpha value is 0.110. The monoisotopic (exact) mass is 175 g/mol. The van der Waals surface area contributed by atoms with Crippen molar-refractivity contribution < 1.29 is 4.21 Å². The highest BCUT2D eigenvalue weighted by molar-refractivity contribution is 7.84. The summed E-state index contributed by atoms with van der Waals surface area (Å²) in [5, 5.41) is 0. The molecule has 1 aliphatic carbocycles. The van der Waals surface area contributed by atoms with Gasteiger partial charge in [0, 0.05) is 28.3 Å². The van der Waals surface area contributed by atoms with Crippen molar-refractivity contribution in [3.8, 4) is 0 Å². The molecule has 1 fully saturated rings. The summed E-state index contributed by atoms with van der Waals surface area (Å²) in [6, 6.07) is 0.207. The third-order valence-electron chi connectivity index (χ3n) is 1.92. The number of hydrogen-bond donors (Lipinski definition) is 1. The maximum atomic E-state index is 11.3. The first-order valence-corrected chi connectivity index (χ1v) is 5.78. The van der Waals surface area contributed by atoms with Crippen molar-refractivity contribution in [3.63, 3.8) is 0 Å². The topological polar surface area (TPSA) is 43.1 Å². The molecule has 11 heavy (non-hydrogen) atoms. The highest BCUT2D eigenvalue weighted by Gasteiger charge is 2.23. The lowest BCUT2D eigenvalue weighted by Crippen LogP contribution is -2.18. The van der Waals surface area contributed by atoms with Gasteiger partial charge in [0.05, 0.1) is 0 Å². The molecule has 2 nitrogen and oxygen atoms in total. The third-order valence-corrected chi connectivity index (χ3v) is 3.45. The second-order valence-electron chi connectivity index (χ2n) is 3.52. The van der Waals surface area contributed by atoms with Crippen LogP contribution in [0.15, 0.2) is 0 Å². The summed E-state index contributed by atoms with van der Waals surface area (Å²) in [7, 11) is -0.588. The van der Waals surface area contributed by atoms with E-state index >= 15 is 0 Å². The van der Waals surface area contributed by atoms with Crippen molar-refractivity contribution >= 4 is 10.8 Å². The summed E-state index contributed by atoms with van der Waals surface area (Å²) >= 11 is 0. The van der Waals surface area contributed by atoms with Gasteiger partial charge in [0.15, 0.2) is 0 Å². The van der Waals surface area contributed by atoms with Crippen LogP contribution in [0.2, 0.25) is 0 Å². The first kappa shape index (κ1) is 9.20. The van der Waals surface area contributed by atoms with Gasteiger partial charge in [-0.05, 0) is 32.1 Å². The normalized spacial score (nSPS) is 23.1. The molecular formula is C8H17NOS. The van der Waals surface area contributed by atoms with Gasteiger partial charge in [0.2, 0.25) is 0 Å². The Kier molecular flexibility index (Phi) is 3.52. The van der Waals surface area contributed by atoms with E-state index in [1.807, 2.05) is 6.92 Å². The van der Waals surface area contributed by atoms with E-state index in [2.05, 4.69) is 0 Å². The molecule has 0 heterocycles. The second-order valence-corrected chi connectivity index (χ2v) is 5.14. The second kappa shape index (κ2) is 4.21. The Labute approximate surface area is 71.0 Å². The van der Waals surface area contributed by atoms with Crippen molar-refractivity contribution in [2.24, 2.45) is 11.7 Å². The van der Waals surface area contributed by atoms with Gasteiger partial charge in [-0.25, -0.2) is 0 Å². The molecule has 0 aliphatic heterocycles. The van der Waals surface area contributed by atoms with E-state index in [0.29, 0.717) is 0 Å². The van der Waals surface area contributed by atoms with Gasteiger partial charge in [-0.3, -0.25) is 4.21 Å². The van der Waals surface area contributed by atoms with Crippen LogP contribution in [0.1, 0.15) is 26.2 Å². The van der Waals surface area contributed by atoms with Gasteiger partial charge in [-0.1, -0.05) is 0 Å². The lowest BCUT2D eigenvalue weighted by molar-refractivity contribution is 0.664. The Balaban J connectivity index is 2.00. The molecule has 0 bridgehead atoms. The molecular weight excluding hydrogens is 158 g/mol. The highest BCUT2D eigenvalue weighted by Crippen LogP contribution is 2.29. The van der Waals surface area contributed by atoms with Crippen LogP contribution >= 0.6 is 0 Å². The van der Waals surface area contributed by atoms with Crippen molar-refractivity contribution in [2.45, 2.75) is 32.2 Å². The van der Waals surface area contributed by atoms with E-state index in [1.54, 1.807) is 0 Å². The van der Waals surface area contributed by atoms with Crippen LogP contribution in [0, 0.1) is 5.92 Å². The van der Waals surface area contributed by atoms with E-state index in [9.17, 15) is 4.21 Å². The summed E-state index contributed by atoms with van der Waals surface area (Å²) in [5.74, 6) is 2.50. The molecule has 0 aromatic carbocycles. The molecule has 1 rings (SSSR count). The molecule has 2 atom stereocenters. The molecule has 0 spiro atoms. The van der Waals surface area contributed by atoms with Gasteiger partial charge in [-0.15, -0.1) is 0 Å². The summed E-state index contributed by atoms with van der Waals surface area (Å²) in [4.78, 5) is 0. The largest absolute Gasteiger partial charge is 0.328 e. The van der Waals surface area contributed by atoms with E-state index in [0.717, 1.165) is 23.8 Å². The maximum absolute atomic E-state index is 11.3. The average molecular weight is 175 g/mol. The third kappa shape index (κ3) is 4.53. The fraction of sp³-hybridized carbons (Fsp3) is 1.00. The molecule has 2 N–H and O–H groups in total. The van der Waals surface area contributed by atoms with Crippen LogP contribution in [0.5, 0.6) is 0 Å². The Morgan fingerprint density at radius 2 is 2.27 bits per heavy atom. The minimum atomic E-state index is -0.588. The Bertz CT molecular complexity index is 143. The van der Waals surface area contributed by atoms with Gasteiger partial charge in [-0.2, -0.15) is 0 Å². The smallest absolute Gasteiger partial charge is 0.0263 e. The molecule has 66 valence electrons. The van der Waals surface area contributed by atoms with Crippen LogP contribution in [0.25, 0.3) is 0 Å². The zero-order chi connectivity index (χ0) is 8.27. The quantitative estimate of drug-likeness (QED) is 0.674. The predicted octanol–water partition coefficient (Wildman–Crippen LogP) is 0.882. The van der Waals surface area contributed by atoms with E-state index < -0.39 is 10.8 Å². The number of rotatable bonds is 5. The van der Waals surface area contributed by atoms with Gasteiger partial charge < -0.3 is 5.73 Å². The van der Waals surface area contributed by atoms with E-state index in [1.165, 1.54) is 12.8 Å². The molecule has 0 saturated heterocycles. The van der Waals surface area contributed by atoms with Gasteiger partial charge in [0.25, 0.3) is 0 Å². The Morgan fingerprint density at radius 1 is 1.64 bits per heavy atom. The van der Waals surface area contributed by atoms with Gasteiger partial charge in [0.1, 0.15) is 0 Å². The van der Waals surface area contributed by atoms with Crippen LogP contribution < -0.4 is 5.73 Å². The molecule has 0 aromatic rings.